The molecule has 0 radical (unpaired) electrons. The van der Waals surface area contributed by atoms with E-state index in [0.29, 0.717) is 0 Å². The maximum absolute atomic E-state index is 10.3. The van der Waals surface area contributed by atoms with E-state index in [9.17, 15) is 5.02 Å². The number of hydrogen-bond donors (Lipinski definition) is 1. The maximum atomic E-state index is 10.3. The van der Waals surface area contributed by atoms with Gasteiger partial charge in [-0.25, -0.2) is 0 Å². The maximum Gasteiger partial charge on any atom is 0.493 e. The van der Waals surface area contributed by atoms with E-state index in [1.54, 1.807) is 0 Å². The Morgan fingerprint density at radius 3 is 2.14 bits per heavy atom. The molecule has 0 saturated heterocycles. The Labute approximate surface area is 131 Å². The molecule has 0 unspecified atom stereocenters. The molecule has 0 spiro atoms. The van der Waals surface area contributed by atoms with E-state index < -0.39 is 12.7 Å². The number of benzene rings is 2. The highest BCUT2D eigenvalue weighted by Crippen LogP contribution is 2.37. The topological polar surface area (TPSA) is 29.5 Å². The van der Waals surface area contributed by atoms with Gasteiger partial charge in [-0.15, -0.1) is 0 Å². The zero-order chi connectivity index (χ0) is 15.6. The second kappa shape index (κ2) is 5.85. The summed E-state index contributed by atoms with van der Waals surface area (Å²) in [5.74, 6) is 6.38. The normalized spacial score (nSPS) is 16.4. The Morgan fingerprint density at radius 2 is 1.50 bits per heavy atom. The van der Waals surface area contributed by atoms with Crippen molar-refractivity contribution in [1.29, 1.82) is 0 Å². The van der Waals surface area contributed by atoms with Crippen molar-refractivity contribution in [3.05, 3.63) is 77.4 Å². The van der Waals surface area contributed by atoms with Gasteiger partial charge in [0.15, 0.2) is 0 Å². The molecule has 0 amide bonds. The lowest BCUT2D eigenvalue weighted by atomic mass is 9.73. The van der Waals surface area contributed by atoms with Crippen LogP contribution in [0.25, 0.3) is 5.47 Å². The lowest BCUT2D eigenvalue weighted by Gasteiger charge is -2.19. The third kappa shape index (κ3) is 2.85. The molecule has 3 rings (SSSR count). The van der Waals surface area contributed by atoms with E-state index in [-0.39, 0.29) is 0 Å². The van der Waals surface area contributed by atoms with Gasteiger partial charge in [-0.05, 0) is 31.5 Å². The van der Waals surface area contributed by atoms with Gasteiger partial charge in [-0.3, -0.25) is 0 Å². The van der Waals surface area contributed by atoms with Crippen LogP contribution in [0.4, 0.5) is 0 Å². The summed E-state index contributed by atoms with van der Waals surface area (Å²) in [6, 6.07) is 19.6. The molecule has 0 atom stereocenters. The monoisotopic (exact) mass is 288 g/mol. The average Bonchev–Trinajstić information content (AvgIpc) is 2.75. The van der Waals surface area contributed by atoms with Crippen molar-refractivity contribution in [3.8, 4) is 11.8 Å². The molecule has 1 N–H and O–H groups in total. The van der Waals surface area contributed by atoms with E-state index in [0.717, 1.165) is 22.2 Å². The fourth-order valence-electron chi connectivity index (χ4n) is 2.62. The molecule has 1 aliphatic heterocycles. The van der Waals surface area contributed by atoms with Gasteiger partial charge >= 0.3 is 7.12 Å². The Hall–Kier alpha value is -2.28. The minimum atomic E-state index is -0.947. The van der Waals surface area contributed by atoms with Crippen LogP contribution < -0.4 is 0 Å². The van der Waals surface area contributed by atoms with Gasteiger partial charge in [0.25, 0.3) is 0 Å². The van der Waals surface area contributed by atoms with E-state index in [2.05, 4.69) is 11.8 Å². The molecule has 0 fully saturated rings. The molecule has 1 heterocycles. The molecule has 2 aromatic carbocycles. The van der Waals surface area contributed by atoms with Crippen molar-refractivity contribution >= 4 is 12.6 Å². The Balaban J connectivity index is 2.10. The molecule has 1 aliphatic rings. The lowest BCUT2D eigenvalue weighted by molar-refractivity contribution is 0.141. The molecule has 3 heteroatoms. The molecule has 0 bridgehead atoms. The van der Waals surface area contributed by atoms with Crippen molar-refractivity contribution in [3.63, 3.8) is 0 Å². The molecule has 0 aliphatic carbocycles. The van der Waals surface area contributed by atoms with Gasteiger partial charge in [0.2, 0.25) is 0 Å². The molecule has 2 aromatic rings. The van der Waals surface area contributed by atoms with Crippen molar-refractivity contribution in [2.24, 2.45) is 0 Å². The molecule has 22 heavy (non-hydrogen) atoms. The van der Waals surface area contributed by atoms with Gasteiger partial charge < -0.3 is 9.68 Å². The van der Waals surface area contributed by atoms with Gasteiger partial charge in [0.05, 0.1) is 5.60 Å². The quantitative estimate of drug-likeness (QED) is 0.644. The molecular formula is C19H17BO2. The van der Waals surface area contributed by atoms with Crippen LogP contribution in [-0.2, 0) is 4.65 Å². The first-order valence-electron chi connectivity index (χ1n) is 7.31. The first-order chi connectivity index (χ1) is 10.6. The first kappa shape index (κ1) is 14.7. The van der Waals surface area contributed by atoms with E-state index in [1.165, 1.54) is 0 Å². The van der Waals surface area contributed by atoms with Crippen molar-refractivity contribution in [2.45, 2.75) is 19.4 Å². The van der Waals surface area contributed by atoms with Gasteiger partial charge in [0, 0.05) is 16.6 Å². The van der Waals surface area contributed by atoms with Crippen LogP contribution >= 0.6 is 0 Å². The van der Waals surface area contributed by atoms with Crippen LogP contribution in [0.2, 0.25) is 0 Å². The summed E-state index contributed by atoms with van der Waals surface area (Å²) in [6.45, 7) is 3.86. The zero-order valence-corrected chi connectivity index (χ0v) is 12.7. The third-order valence-corrected chi connectivity index (χ3v) is 3.72. The van der Waals surface area contributed by atoms with Crippen molar-refractivity contribution in [1.82, 2.24) is 0 Å². The van der Waals surface area contributed by atoms with Crippen LogP contribution in [-0.4, -0.2) is 17.7 Å². The fraction of sp³-hybridized carbons (Fsp3) is 0.158. The predicted molar refractivity (Wildman–Crippen MR) is 89.8 cm³/mol. The van der Waals surface area contributed by atoms with Crippen LogP contribution in [0.15, 0.2) is 66.2 Å². The summed E-state index contributed by atoms with van der Waals surface area (Å²) in [5.41, 5.74) is 2.87. The van der Waals surface area contributed by atoms with Gasteiger partial charge in [0.1, 0.15) is 0 Å². The predicted octanol–water partition coefficient (Wildman–Crippen LogP) is 3.32. The average molecular weight is 288 g/mol. The zero-order valence-electron chi connectivity index (χ0n) is 12.7. The summed E-state index contributed by atoms with van der Waals surface area (Å²) in [5, 5.41) is 10.3. The largest absolute Gasteiger partial charge is 0.493 e. The lowest BCUT2D eigenvalue weighted by Crippen LogP contribution is -2.26. The number of rotatable bonds is 1. The van der Waals surface area contributed by atoms with E-state index in [4.69, 9.17) is 4.65 Å². The molecule has 2 nitrogen and oxygen atoms in total. The Kier molecular flexibility index (Phi) is 3.89. The summed E-state index contributed by atoms with van der Waals surface area (Å²) < 4.78 is 5.70. The smallest absolute Gasteiger partial charge is 0.423 e. The van der Waals surface area contributed by atoms with E-state index in [1.807, 2.05) is 74.5 Å². The minimum Gasteiger partial charge on any atom is -0.423 e. The molecule has 0 saturated carbocycles. The van der Waals surface area contributed by atoms with Crippen LogP contribution in [0.3, 0.4) is 0 Å². The highest BCUT2D eigenvalue weighted by atomic mass is 16.5. The molecule has 0 aromatic heterocycles. The first-order valence-corrected chi connectivity index (χ1v) is 7.31. The van der Waals surface area contributed by atoms with Crippen molar-refractivity contribution < 1.29 is 9.68 Å². The number of hydrogen-bond acceptors (Lipinski definition) is 2. The van der Waals surface area contributed by atoms with Gasteiger partial charge in [-0.2, -0.15) is 0 Å². The minimum absolute atomic E-state index is 0.605. The summed E-state index contributed by atoms with van der Waals surface area (Å²) in [7, 11) is -0.947. The van der Waals surface area contributed by atoms with Gasteiger partial charge in [-0.1, -0.05) is 60.4 Å². The Bertz CT molecular complexity index is 752. The van der Waals surface area contributed by atoms with Crippen LogP contribution in [0, 0.1) is 11.8 Å². The fourth-order valence-corrected chi connectivity index (χ4v) is 2.62. The van der Waals surface area contributed by atoms with E-state index >= 15 is 0 Å². The third-order valence-electron chi connectivity index (χ3n) is 3.72. The SMILES string of the molecule is CC1(C)OB(O)C(c2ccccc2)=C1C#Cc1ccccc1. The highest BCUT2D eigenvalue weighted by molar-refractivity contribution is 6.69. The molecular weight excluding hydrogens is 271 g/mol. The highest BCUT2D eigenvalue weighted by Gasteiger charge is 2.42. The second-order valence-electron chi connectivity index (χ2n) is 5.75. The van der Waals surface area contributed by atoms with Crippen LogP contribution in [0.1, 0.15) is 25.0 Å². The van der Waals surface area contributed by atoms with Crippen LogP contribution in [0.5, 0.6) is 0 Å². The Morgan fingerprint density at radius 1 is 0.909 bits per heavy atom. The van der Waals surface area contributed by atoms with Crippen molar-refractivity contribution in [2.75, 3.05) is 0 Å². The summed E-state index contributed by atoms with van der Waals surface area (Å²) in [4.78, 5) is 0. The summed E-state index contributed by atoms with van der Waals surface area (Å²) >= 11 is 0. The second-order valence-corrected chi connectivity index (χ2v) is 5.75. The standard InChI is InChI=1S/C19H17BO2/c1-19(2)17(14-13-15-9-5-3-6-10-15)18(20(21)22-19)16-11-7-4-8-12-16/h3-12,21H,1-2H3. The molecule has 108 valence electrons. The summed E-state index contributed by atoms with van der Waals surface area (Å²) in [6.07, 6.45) is 0.